The monoisotopic (exact) mass is 254 g/mol. The van der Waals surface area contributed by atoms with Crippen LogP contribution in [0.2, 0.25) is 0 Å². The summed E-state index contributed by atoms with van der Waals surface area (Å²) in [6, 6.07) is 0. The summed E-state index contributed by atoms with van der Waals surface area (Å²) in [7, 11) is 1.73. The number of ether oxygens (including phenoxy) is 1. The molecule has 1 amide bonds. The Kier molecular flexibility index (Phi) is 4.28. The van der Waals surface area contributed by atoms with Gasteiger partial charge in [-0.15, -0.1) is 0 Å². The fraction of sp³-hybridized carbons (Fsp3) is 0.929. The molecule has 0 aromatic carbocycles. The van der Waals surface area contributed by atoms with Gasteiger partial charge in [0.15, 0.2) is 0 Å². The van der Waals surface area contributed by atoms with E-state index >= 15 is 0 Å². The molecule has 0 radical (unpaired) electrons. The molecule has 2 aliphatic rings. The molecule has 2 aliphatic carbocycles. The minimum atomic E-state index is -0.602. The summed E-state index contributed by atoms with van der Waals surface area (Å²) >= 11 is 0. The van der Waals surface area contributed by atoms with Crippen molar-refractivity contribution in [2.75, 3.05) is 20.3 Å². The van der Waals surface area contributed by atoms with E-state index in [-0.39, 0.29) is 5.91 Å². The third-order valence-corrected chi connectivity index (χ3v) is 4.62. The zero-order valence-corrected chi connectivity index (χ0v) is 11.5. The predicted molar refractivity (Wildman–Crippen MR) is 71.2 cm³/mol. The zero-order valence-electron chi connectivity index (χ0n) is 11.5. The third-order valence-electron chi connectivity index (χ3n) is 4.62. The SMILES string of the molecule is COCCC1(CNC(=O)C2(N)CCCCC2)CC1. The Balaban J connectivity index is 1.77. The van der Waals surface area contributed by atoms with E-state index in [1.165, 1.54) is 19.3 Å². The van der Waals surface area contributed by atoms with E-state index in [0.717, 1.165) is 45.3 Å². The normalized spacial score (nSPS) is 24.6. The highest BCUT2D eigenvalue weighted by Gasteiger charge is 2.43. The van der Waals surface area contributed by atoms with Crippen molar-refractivity contribution in [2.24, 2.45) is 11.1 Å². The molecule has 0 spiro atoms. The van der Waals surface area contributed by atoms with Gasteiger partial charge in [-0.05, 0) is 37.5 Å². The molecule has 0 heterocycles. The van der Waals surface area contributed by atoms with Crippen LogP contribution >= 0.6 is 0 Å². The average molecular weight is 254 g/mol. The first-order valence-electron chi connectivity index (χ1n) is 7.16. The molecule has 0 aliphatic heterocycles. The molecule has 104 valence electrons. The highest BCUT2D eigenvalue weighted by atomic mass is 16.5. The molecule has 2 saturated carbocycles. The van der Waals surface area contributed by atoms with Crippen molar-refractivity contribution in [3.63, 3.8) is 0 Å². The summed E-state index contributed by atoms with van der Waals surface area (Å²) in [5, 5.41) is 3.09. The zero-order chi connectivity index (χ0) is 13.1. The number of carbonyl (C=O) groups is 1. The van der Waals surface area contributed by atoms with E-state index in [1.807, 2.05) is 0 Å². The van der Waals surface area contributed by atoms with Crippen molar-refractivity contribution in [1.29, 1.82) is 0 Å². The van der Waals surface area contributed by atoms with Gasteiger partial charge in [-0.2, -0.15) is 0 Å². The number of amides is 1. The van der Waals surface area contributed by atoms with Crippen molar-refractivity contribution in [1.82, 2.24) is 5.32 Å². The van der Waals surface area contributed by atoms with Gasteiger partial charge in [-0.3, -0.25) is 4.79 Å². The second-order valence-electron chi connectivity index (χ2n) is 6.14. The van der Waals surface area contributed by atoms with Crippen LogP contribution in [0.25, 0.3) is 0 Å². The molecular formula is C14H26N2O2. The lowest BCUT2D eigenvalue weighted by Gasteiger charge is -2.32. The van der Waals surface area contributed by atoms with Crippen LogP contribution in [0.5, 0.6) is 0 Å². The summed E-state index contributed by atoms with van der Waals surface area (Å²) in [6.07, 6.45) is 8.50. The van der Waals surface area contributed by atoms with Crippen LogP contribution in [-0.4, -0.2) is 31.7 Å². The van der Waals surface area contributed by atoms with Gasteiger partial charge in [0.1, 0.15) is 0 Å². The number of carbonyl (C=O) groups excluding carboxylic acids is 1. The van der Waals surface area contributed by atoms with Gasteiger partial charge in [0.25, 0.3) is 0 Å². The maximum Gasteiger partial charge on any atom is 0.240 e. The highest BCUT2D eigenvalue weighted by Crippen LogP contribution is 2.48. The number of nitrogens with one attached hydrogen (secondary N) is 1. The smallest absolute Gasteiger partial charge is 0.240 e. The lowest BCUT2D eigenvalue weighted by molar-refractivity contribution is -0.127. The Bertz CT molecular complexity index is 294. The predicted octanol–water partition coefficient (Wildman–Crippen LogP) is 1.58. The quantitative estimate of drug-likeness (QED) is 0.756. The first kappa shape index (κ1) is 13.8. The maximum absolute atomic E-state index is 12.2. The fourth-order valence-corrected chi connectivity index (χ4v) is 2.86. The van der Waals surface area contributed by atoms with Gasteiger partial charge in [-0.25, -0.2) is 0 Å². The van der Waals surface area contributed by atoms with Crippen molar-refractivity contribution < 1.29 is 9.53 Å². The van der Waals surface area contributed by atoms with Crippen molar-refractivity contribution in [3.8, 4) is 0 Å². The highest BCUT2D eigenvalue weighted by molar-refractivity contribution is 5.86. The molecular weight excluding hydrogens is 228 g/mol. The van der Waals surface area contributed by atoms with Crippen molar-refractivity contribution in [2.45, 2.75) is 56.9 Å². The Morgan fingerprint density at radius 1 is 1.22 bits per heavy atom. The maximum atomic E-state index is 12.2. The topological polar surface area (TPSA) is 64.3 Å². The second-order valence-corrected chi connectivity index (χ2v) is 6.14. The van der Waals surface area contributed by atoms with Crippen LogP contribution in [0, 0.1) is 5.41 Å². The van der Waals surface area contributed by atoms with E-state index in [9.17, 15) is 4.79 Å². The van der Waals surface area contributed by atoms with E-state index in [2.05, 4.69) is 5.32 Å². The van der Waals surface area contributed by atoms with E-state index in [4.69, 9.17) is 10.5 Å². The van der Waals surface area contributed by atoms with Gasteiger partial charge in [0.05, 0.1) is 5.54 Å². The lowest BCUT2D eigenvalue weighted by Crippen LogP contribution is -2.55. The largest absolute Gasteiger partial charge is 0.385 e. The minimum absolute atomic E-state index is 0.0610. The molecule has 0 aromatic rings. The van der Waals surface area contributed by atoms with Gasteiger partial charge in [0.2, 0.25) is 5.91 Å². The Morgan fingerprint density at radius 3 is 2.44 bits per heavy atom. The molecule has 0 saturated heterocycles. The lowest BCUT2D eigenvalue weighted by atomic mass is 9.82. The second kappa shape index (κ2) is 5.57. The standard InChI is InChI=1S/C14H26N2O2/c1-18-10-9-13(7-8-13)11-16-12(17)14(15)5-3-2-4-6-14/h2-11,15H2,1H3,(H,16,17). The van der Waals surface area contributed by atoms with Gasteiger partial charge < -0.3 is 15.8 Å². The van der Waals surface area contributed by atoms with Gasteiger partial charge in [0, 0.05) is 20.3 Å². The molecule has 0 aromatic heterocycles. The fourth-order valence-electron chi connectivity index (χ4n) is 2.86. The molecule has 4 heteroatoms. The van der Waals surface area contributed by atoms with E-state index < -0.39 is 5.54 Å². The molecule has 4 nitrogen and oxygen atoms in total. The third kappa shape index (κ3) is 3.23. The number of rotatable bonds is 6. The summed E-state index contributed by atoms with van der Waals surface area (Å²) < 4.78 is 5.12. The summed E-state index contributed by atoms with van der Waals surface area (Å²) in [6.45, 7) is 1.55. The number of hydrogen-bond donors (Lipinski definition) is 2. The number of nitrogens with two attached hydrogens (primary N) is 1. The van der Waals surface area contributed by atoms with Crippen LogP contribution in [0.15, 0.2) is 0 Å². The molecule has 2 fully saturated rings. The number of hydrogen-bond acceptors (Lipinski definition) is 3. The molecule has 3 N–H and O–H groups in total. The van der Waals surface area contributed by atoms with Gasteiger partial charge >= 0.3 is 0 Å². The Hall–Kier alpha value is -0.610. The van der Waals surface area contributed by atoms with Crippen LogP contribution in [0.4, 0.5) is 0 Å². The van der Waals surface area contributed by atoms with Crippen LogP contribution in [0.3, 0.4) is 0 Å². The van der Waals surface area contributed by atoms with Gasteiger partial charge in [-0.1, -0.05) is 19.3 Å². The number of methoxy groups -OCH3 is 1. The Morgan fingerprint density at radius 2 is 1.89 bits per heavy atom. The molecule has 0 unspecified atom stereocenters. The minimum Gasteiger partial charge on any atom is -0.385 e. The average Bonchev–Trinajstić information content (AvgIpc) is 3.15. The van der Waals surface area contributed by atoms with Crippen molar-refractivity contribution in [3.05, 3.63) is 0 Å². The Labute approximate surface area is 110 Å². The van der Waals surface area contributed by atoms with Crippen molar-refractivity contribution >= 4 is 5.91 Å². The molecule has 2 rings (SSSR count). The summed E-state index contributed by atoms with van der Waals surface area (Å²) in [5.74, 6) is 0.0610. The summed E-state index contributed by atoms with van der Waals surface area (Å²) in [4.78, 5) is 12.2. The van der Waals surface area contributed by atoms with Crippen LogP contribution in [0.1, 0.15) is 51.4 Å². The molecule has 18 heavy (non-hydrogen) atoms. The van der Waals surface area contributed by atoms with E-state index in [1.54, 1.807) is 7.11 Å². The molecule has 0 atom stereocenters. The first-order valence-corrected chi connectivity index (χ1v) is 7.16. The van der Waals surface area contributed by atoms with Crippen LogP contribution in [-0.2, 0) is 9.53 Å². The first-order chi connectivity index (χ1) is 8.60. The summed E-state index contributed by atoms with van der Waals surface area (Å²) in [5.41, 5.74) is 5.92. The van der Waals surface area contributed by atoms with Crippen LogP contribution < -0.4 is 11.1 Å². The molecule has 0 bridgehead atoms. The van der Waals surface area contributed by atoms with E-state index in [0.29, 0.717) is 5.41 Å².